The summed E-state index contributed by atoms with van der Waals surface area (Å²) < 4.78 is 5.51. The minimum atomic E-state index is 0.0164. The predicted octanol–water partition coefficient (Wildman–Crippen LogP) is 2.84. The van der Waals surface area contributed by atoms with Gasteiger partial charge in [-0.05, 0) is 18.9 Å². The van der Waals surface area contributed by atoms with E-state index in [-0.39, 0.29) is 17.9 Å². The number of ether oxygens (including phenoxy) is 1. The lowest BCUT2D eigenvalue weighted by Crippen LogP contribution is -2.39. The summed E-state index contributed by atoms with van der Waals surface area (Å²) in [5.41, 5.74) is 1.17. The molecule has 0 aromatic heterocycles. The van der Waals surface area contributed by atoms with Gasteiger partial charge >= 0.3 is 0 Å². The van der Waals surface area contributed by atoms with E-state index in [1.54, 1.807) is 0 Å². The summed E-state index contributed by atoms with van der Waals surface area (Å²) in [5, 5.41) is 0.799. The van der Waals surface area contributed by atoms with Crippen molar-refractivity contribution in [1.82, 2.24) is 4.90 Å². The molecule has 1 aliphatic heterocycles. The molecule has 2 rings (SSSR count). The summed E-state index contributed by atoms with van der Waals surface area (Å²) in [6.07, 6.45) is 0.884. The molecule has 1 aliphatic rings. The van der Waals surface area contributed by atoms with E-state index in [9.17, 15) is 4.79 Å². The van der Waals surface area contributed by atoms with Crippen molar-refractivity contribution >= 4 is 21.8 Å². The fraction of sp³-hybridized carbons (Fsp3) is 0.533. The lowest BCUT2D eigenvalue weighted by molar-refractivity contribution is -0.137. The van der Waals surface area contributed by atoms with Gasteiger partial charge in [-0.1, -0.05) is 46.3 Å². The molecule has 104 valence electrons. The first kappa shape index (κ1) is 14.5. The fourth-order valence-corrected chi connectivity index (χ4v) is 2.89. The standard InChI is InChI=1S/C15H20BrNO2/c1-12-14(7-10-19-12)15(18)17(9-8-16)11-13-5-3-2-4-6-13/h2-6,12,14H,7-11H2,1H3. The Morgan fingerprint density at radius 1 is 1.42 bits per heavy atom. The molecular weight excluding hydrogens is 306 g/mol. The Morgan fingerprint density at radius 2 is 2.16 bits per heavy atom. The third-order valence-corrected chi connectivity index (χ3v) is 3.93. The molecule has 1 fully saturated rings. The van der Waals surface area contributed by atoms with Crippen LogP contribution >= 0.6 is 15.9 Å². The average Bonchev–Trinajstić information content (AvgIpc) is 2.85. The zero-order valence-corrected chi connectivity index (χ0v) is 12.8. The average molecular weight is 326 g/mol. The molecule has 0 aliphatic carbocycles. The molecule has 1 saturated heterocycles. The van der Waals surface area contributed by atoms with Crippen LogP contribution in [0, 0.1) is 5.92 Å². The highest BCUT2D eigenvalue weighted by Crippen LogP contribution is 2.23. The van der Waals surface area contributed by atoms with Crippen molar-refractivity contribution in [3.63, 3.8) is 0 Å². The number of carbonyl (C=O) groups excluding carboxylic acids is 1. The van der Waals surface area contributed by atoms with Crippen LogP contribution in [0.4, 0.5) is 0 Å². The van der Waals surface area contributed by atoms with Gasteiger partial charge in [0.2, 0.25) is 5.91 Å². The Bertz CT molecular complexity index is 410. The predicted molar refractivity (Wildman–Crippen MR) is 79.2 cm³/mol. The van der Waals surface area contributed by atoms with Crippen LogP contribution < -0.4 is 0 Å². The van der Waals surface area contributed by atoms with E-state index in [1.165, 1.54) is 5.56 Å². The molecule has 4 heteroatoms. The molecule has 2 unspecified atom stereocenters. The number of rotatable bonds is 5. The van der Waals surface area contributed by atoms with E-state index in [4.69, 9.17) is 4.74 Å². The second-order valence-corrected chi connectivity index (χ2v) is 5.70. The van der Waals surface area contributed by atoms with Crippen molar-refractivity contribution in [3.05, 3.63) is 35.9 Å². The first-order chi connectivity index (χ1) is 9.22. The molecule has 19 heavy (non-hydrogen) atoms. The largest absolute Gasteiger partial charge is 0.378 e. The highest BCUT2D eigenvalue weighted by Gasteiger charge is 2.33. The summed E-state index contributed by atoms with van der Waals surface area (Å²) in [5.74, 6) is 0.232. The summed E-state index contributed by atoms with van der Waals surface area (Å²) in [6.45, 7) is 4.10. The van der Waals surface area contributed by atoms with E-state index in [1.807, 2.05) is 30.0 Å². The van der Waals surface area contributed by atoms with Crippen LogP contribution in [-0.2, 0) is 16.1 Å². The van der Waals surface area contributed by atoms with E-state index in [0.29, 0.717) is 13.2 Å². The smallest absolute Gasteiger partial charge is 0.228 e. The van der Waals surface area contributed by atoms with Gasteiger partial charge in [0.1, 0.15) is 0 Å². The van der Waals surface area contributed by atoms with E-state index >= 15 is 0 Å². The summed E-state index contributed by atoms with van der Waals surface area (Å²) in [4.78, 5) is 14.5. The van der Waals surface area contributed by atoms with Gasteiger partial charge in [0.05, 0.1) is 12.0 Å². The number of amides is 1. The van der Waals surface area contributed by atoms with Crippen molar-refractivity contribution in [2.24, 2.45) is 5.92 Å². The van der Waals surface area contributed by atoms with Gasteiger partial charge < -0.3 is 9.64 Å². The lowest BCUT2D eigenvalue weighted by Gasteiger charge is -2.26. The molecule has 1 aromatic carbocycles. The van der Waals surface area contributed by atoms with Gasteiger partial charge in [-0.25, -0.2) is 0 Å². The van der Waals surface area contributed by atoms with Crippen molar-refractivity contribution in [2.75, 3.05) is 18.5 Å². The highest BCUT2D eigenvalue weighted by atomic mass is 79.9. The molecule has 0 bridgehead atoms. The molecule has 0 radical (unpaired) electrons. The number of halogens is 1. The van der Waals surface area contributed by atoms with Crippen molar-refractivity contribution in [3.8, 4) is 0 Å². The molecular formula is C15H20BrNO2. The molecule has 0 saturated carbocycles. The maximum absolute atomic E-state index is 12.6. The molecule has 2 atom stereocenters. The van der Waals surface area contributed by atoms with E-state index < -0.39 is 0 Å². The number of hydrogen-bond acceptors (Lipinski definition) is 2. The topological polar surface area (TPSA) is 29.5 Å². The van der Waals surface area contributed by atoms with Gasteiger partial charge in [0, 0.05) is 25.0 Å². The number of hydrogen-bond donors (Lipinski definition) is 0. The Balaban J connectivity index is 2.04. The Kier molecular flexibility index (Phi) is 5.40. The van der Waals surface area contributed by atoms with E-state index in [2.05, 4.69) is 28.1 Å². The summed E-state index contributed by atoms with van der Waals surface area (Å²) in [6, 6.07) is 10.1. The minimum absolute atomic E-state index is 0.0164. The Hall–Kier alpha value is -0.870. The molecule has 1 amide bonds. The quantitative estimate of drug-likeness (QED) is 0.779. The number of alkyl halides is 1. The first-order valence-corrected chi connectivity index (χ1v) is 7.85. The number of carbonyl (C=O) groups is 1. The van der Waals surface area contributed by atoms with Crippen LogP contribution in [0.5, 0.6) is 0 Å². The maximum atomic E-state index is 12.6. The third kappa shape index (κ3) is 3.80. The number of nitrogens with zero attached hydrogens (tertiary/aromatic N) is 1. The molecule has 1 aromatic rings. The monoisotopic (exact) mass is 325 g/mol. The van der Waals surface area contributed by atoms with Gasteiger partial charge in [0.15, 0.2) is 0 Å². The Morgan fingerprint density at radius 3 is 2.74 bits per heavy atom. The van der Waals surface area contributed by atoms with Crippen molar-refractivity contribution in [2.45, 2.75) is 26.0 Å². The second kappa shape index (κ2) is 7.06. The maximum Gasteiger partial charge on any atom is 0.228 e. The van der Waals surface area contributed by atoms with Crippen LogP contribution in [0.3, 0.4) is 0 Å². The molecule has 3 nitrogen and oxygen atoms in total. The van der Waals surface area contributed by atoms with Crippen LogP contribution in [0.1, 0.15) is 18.9 Å². The zero-order valence-electron chi connectivity index (χ0n) is 11.2. The van der Waals surface area contributed by atoms with E-state index in [0.717, 1.165) is 18.3 Å². The van der Waals surface area contributed by atoms with Crippen LogP contribution in [-0.4, -0.2) is 35.4 Å². The van der Waals surface area contributed by atoms with Crippen LogP contribution in [0.15, 0.2) is 30.3 Å². The fourth-order valence-electron chi connectivity index (χ4n) is 2.46. The second-order valence-electron chi connectivity index (χ2n) is 4.91. The normalized spacial score (nSPS) is 22.4. The van der Waals surface area contributed by atoms with Crippen LogP contribution in [0.2, 0.25) is 0 Å². The summed E-state index contributed by atoms with van der Waals surface area (Å²) in [7, 11) is 0. The lowest BCUT2D eigenvalue weighted by atomic mass is 10.0. The van der Waals surface area contributed by atoms with Crippen molar-refractivity contribution in [1.29, 1.82) is 0 Å². The molecule has 0 N–H and O–H groups in total. The Labute approximate surface area is 123 Å². The van der Waals surface area contributed by atoms with Gasteiger partial charge in [0.25, 0.3) is 0 Å². The van der Waals surface area contributed by atoms with Crippen LogP contribution in [0.25, 0.3) is 0 Å². The third-order valence-electron chi connectivity index (χ3n) is 3.58. The first-order valence-electron chi connectivity index (χ1n) is 6.72. The number of benzene rings is 1. The van der Waals surface area contributed by atoms with Crippen molar-refractivity contribution < 1.29 is 9.53 Å². The molecule has 1 heterocycles. The minimum Gasteiger partial charge on any atom is -0.378 e. The highest BCUT2D eigenvalue weighted by molar-refractivity contribution is 9.09. The summed E-state index contributed by atoms with van der Waals surface area (Å²) >= 11 is 3.43. The van der Waals surface area contributed by atoms with Gasteiger partial charge in [-0.3, -0.25) is 4.79 Å². The molecule has 0 spiro atoms. The van der Waals surface area contributed by atoms with Gasteiger partial charge in [-0.15, -0.1) is 0 Å². The SMILES string of the molecule is CC1OCCC1C(=O)N(CCBr)Cc1ccccc1. The zero-order chi connectivity index (χ0) is 13.7. The van der Waals surface area contributed by atoms with Gasteiger partial charge in [-0.2, -0.15) is 0 Å².